The summed E-state index contributed by atoms with van der Waals surface area (Å²) in [5.74, 6) is -10.2. The van der Waals surface area contributed by atoms with Gasteiger partial charge in [0, 0.05) is 0 Å². The fraction of sp³-hybridized carbons (Fsp3) is 0.500. The topological polar surface area (TPSA) is 168 Å². The summed E-state index contributed by atoms with van der Waals surface area (Å²) in [5, 5.41) is 37.7. The average molecular weight is 374 g/mol. The summed E-state index contributed by atoms with van der Waals surface area (Å²) in [6.45, 7) is 6.82. The third kappa shape index (κ3) is 7.66. The van der Waals surface area contributed by atoms with Gasteiger partial charge in [-0.1, -0.05) is 13.2 Å². The van der Waals surface area contributed by atoms with Crippen LogP contribution >= 0.6 is 0 Å². The number of ether oxygens (including phenoxy) is 2. The lowest BCUT2D eigenvalue weighted by atomic mass is 10.1. The summed E-state index contributed by atoms with van der Waals surface area (Å²) in [6.07, 6.45) is -1.09. The fourth-order valence-corrected chi connectivity index (χ4v) is 1.53. The summed E-state index contributed by atoms with van der Waals surface area (Å²) in [7, 11) is 0. The van der Waals surface area contributed by atoms with Crippen LogP contribution in [0.15, 0.2) is 24.3 Å². The molecule has 4 N–H and O–H groups in total. The van der Waals surface area contributed by atoms with E-state index in [4.69, 9.17) is 0 Å². The van der Waals surface area contributed by atoms with Crippen molar-refractivity contribution in [1.82, 2.24) is 0 Å². The number of carbonyl (C=O) groups is 4. The molecule has 0 aromatic carbocycles. The Hall–Kier alpha value is -2.40. The molecule has 0 aliphatic heterocycles. The van der Waals surface area contributed by atoms with E-state index in [1.54, 1.807) is 0 Å². The number of rotatable bonds is 11. The van der Waals surface area contributed by atoms with E-state index in [9.17, 15) is 39.6 Å². The van der Waals surface area contributed by atoms with Gasteiger partial charge in [-0.15, -0.1) is 0 Å². The molecular formula is C16H22O10. The summed E-state index contributed by atoms with van der Waals surface area (Å²) in [5.41, 5.74) is -0.314. The van der Waals surface area contributed by atoms with Gasteiger partial charge in [0.15, 0.2) is 13.2 Å². The van der Waals surface area contributed by atoms with Crippen molar-refractivity contribution in [2.75, 3.05) is 13.2 Å². The third-order valence-electron chi connectivity index (χ3n) is 2.90. The van der Waals surface area contributed by atoms with Crippen LogP contribution in [0.4, 0.5) is 0 Å². The average Bonchev–Trinajstić information content (AvgIpc) is 2.54. The molecule has 26 heavy (non-hydrogen) atoms. The Balaban J connectivity index is 4.34. The molecule has 0 rings (SSSR count). The Kier molecular flexibility index (Phi) is 8.48. The van der Waals surface area contributed by atoms with E-state index in [-0.39, 0.29) is 11.1 Å². The second kappa shape index (κ2) is 9.34. The van der Waals surface area contributed by atoms with E-state index in [1.807, 2.05) is 0 Å². The number of Topliss-reactive ketones (excluding diaryl/α,β-unsaturated/α-hetero) is 2. The molecular weight excluding hydrogens is 352 g/mol. The predicted octanol–water partition coefficient (Wildman–Crippen LogP) is -1.49. The van der Waals surface area contributed by atoms with Crippen LogP contribution in [0.2, 0.25) is 0 Å². The largest absolute Gasteiger partial charge is 0.459 e. The van der Waals surface area contributed by atoms with E-state index < -0.39 is 61.1 Å². The smallest absolute Gasteiger partial charge is 0.306 e. The highest BCUT2D eigenvalue weighted by molar-refractivity contribution is 6.00. The highest BCUT2D eigenvalue weighted by Crippen LogP contribution is 2.11. The monoisotopic (exact) mass is 374 g/mol. The van der Waals surface area contributed by atoms with Crippen molar-refractivity contribution in [3.8, 4) is 0 Å². The van der Waals surface area contributed by atoms with Gasteiger partial charge in [-0.3, -0.25) is 19.2 Å². The maximum absolute atomic E-state index is 11.4. The second-order valence-corrected chi connectivity index (χ2v) is 5.67. The molecule has 0 aromatic rings. The maximum atomic E-state index is 11.4. The van der Waals surface area contributed by atoms with E-state index in [0.717, 1.165) is 0 Å². The summed E-state index contributed by atoms with van der Waals surface area (Å²) >= 11 is 0. The van der Waals surface area contributed by atoms with Gasteiger partial charge in [0.1, 0.15) is 0 Å². The van der Waals surface area contributed by atoms with Crippen LogP contribution in [0.25, 0.3) is 0 Å². The fourth-order valence-electron chi connectivity index (χ4n) is 1.53. The Morgan fingerprint density at radius 1 is 0.731 bits per heavy atom. The molecule has 0 saturated carbocycles. The minimum Gasteiger partial charge on any atom is -0.459 e. The Morgan fingerprint density at radius 3 is 1.23 bits per heavy atom. The zero-order chi connectivity index (χ0) is 20.7. The van der Waals surface area contributed by atoms with Crippen molar-refractivity contribution < 1.29 is 49.1 Å². The number of aliphatic hydroxyl groups is 4. The van der Waals surface area contributed by atoms with Gasteiger partial charge >= 0.3 is 11.9 Å². The molecule has 0 aromatic heterocycles. The summed E-state index contributed by atoms with van der Waals surface area (Å²) < 4.78 is 8.94. The van der Waals surface area contributed by atoms with Crippen molar-refractivity contribution in [3.05, 3.63) is 24.3 Å². The van der Waals surface area contributed by atoms with Gasteiger partial charge in [-0.05, 0) is 25.0 Å². The first kappa shape index (κ1) is 23.6. The van der Waals surface area contributed by atoms with E-state index in [1.165, 1.54) is 13.8 Å². The minimum atomic E-state index is -2.93. The number of hydrogen-bond acceptors (Lipinski definition) is 10. The van der Waals surface area contributed by atoms with E-state index in [2.05, 4.69) is 22.6 Å². The van der Waals surface area contributed by atoms with Crippen LogP contribution in [0.3, 0.4) is 0 Å². The summed E-state index contributed by atoms with van der Waals surface area (Å²) in [6, 6.07) is 0. The molecule has 0 fully saturated rings. The number of hydrogen-bond donors (Lipinski definition) is 4. The highest BCUT2D eigenvalue weighted by Gasteiger charge is 2.36. The molecule has 0 bridgehead atoms. The van der Waals surface area contributed by atoms with Crippen LogP contribution in [-0.2, 0) is 28.7 Å². The van der Waals surface area contributed by atoms with Crippen LogP contribution in [-0.4, -0.2) is 68.7 Å². The van der Waals surface area contributed by atoms with Crippen LogP contribution in [0.5, 0.6) is 0 Å². The first-order valence-electron chi connectivity index (χ1n) is 7.32. The zero-order valence-electron chi connectivity index (χ0n) is 14.5. The molecule has 0 aliphatic rings. The molecule has 0 atom stereocenters. The Bertz CT molecular complexity index is 561. The first-order valence-corrected chi connectivity index (χ1v) is 7.32. The summed E-state index contributed by atoms with van der Waals surface area (Å²) in [4.78, 5) is 45.6. The molecule has 0 unspecified atom stereocenters. The highest BCUT2D eigenvalue weighted by atomic mass is 16.6. The van der Waals surface area contributed by atoms with Crippen LogP contribution < -0.4 is 0 Å². The quantitative estimate of drug-likeness (QED) is 0.190. The second-order valence-electron chi connectivity index (χ2n) is 5.67. The number of carbonyl (C=O) groups excluding carboxylic acids is 4. The third-order valence-corrected chi connectivity index (χ3v) is 2.90. The van der Waals surface area contributed by atoms with Crippen molar-refractivity contribution >= 4 is 23.5 Å². The molecule has 0 aliphatic carbocycles. The lowest BCUT2D eigenvalue weighted by molar-refractivity contribution is -0.202. The van der Waals surface area contributed by atoms with Crippen LogP contribution in [0.1, 0.15) is 26.7 Å². The number of esters is 2. The predicted molar refractivity (Wildman–Crippen MR) is 85.1 cm³/mol. The Morgan fingerprint density at radius 2 is 1.00 bits per heavy atom. The van der Waals surface area contributed by atoms with Gasteiger partial charge < -0.3 is 29.9 Å². The van der Waals surface area contributed by atoms with Gasteiger partial charge in [0.2, 0.25) is 11.6 Å². The molecule has 0 heterocycles. The molecule has 0 amide bonds. The van der Waals surface area contributed by atoms with Gasteiger partial charge in [-0.2, -0.15) is 0 Å². The molecule has 146 valence electrons. The minimum absolute atomic E-state index is 0.157. The van der Waals surface area contributed by atoms with Gasteiger partial charge in [0.25, 0.3) is 11.6 Å². The number of ketones is 2. The molecule has 10 heteroatoms. The van der Waals surface area contributed by atoms with E-state index >= 15 is 0 Å². The molecule has 10 nitrogen and oxygen atoms in total. The van der Waals surface area contributed by atoms with E-state index in [0.29, 0.717) is 0 Å². The van der Waals surface area contributed by atoms with Gasteiger partial charge in [-0.25, -0.2) is 0 Å². The van der Waals surface area contributed by atoms with Crippen molar-refractivity contribution in [2.24, 2.45) is 0 Å². The SMILES string of the molecule is C=C(C)C(=O)C(O)(O)COC(=O)CCC(=O)OCC(O)(O)C(=O)C(=C)C. The Labute approximate surface area is 149 Å². The van der Waals surface area contributed by atoms with Gasteiger partial charge in [0.05, 0.1) is 12.8 Å². The van der Waals surface area contributed by atoms with Crippen molar-refractivity contribution in [2.45, 2.75) is 38.3 Å². The van der Waals surface area contributed by atoms with Crippen molar-refractivity contribution in [3.63, 3.8) is 0 Å². The van der Waals surface area contributed by atoms with Crippen LogP contribution in [0, 0.1) is 0 Å². The standard InChI is InChI=1S/C16H22O10/c1-9(2)13(19)15(21,22)7-25-11(17)5-6-12(18)26-8-16(23,24)14(20)10(3)4/h21-24H,1,3,5-8H2,2,4H3. The zero-order valence-corrected chi connectivity index (χ0v) is 14.5. The molecule has 0 radical (unpaired) electrons. The maximum Gasteiger partial charge on any atom is 0.306 e. The lowest BCUT2D eigenvalue weighted by Gasteiger charge is -2.20. The molecule has 0 spiro atoms. The molecule has 0 saturated heterocycles. The lowest BCUT2D eigenvalue weighted by Crippen LogP contribution is -2.44. The van der Waals surface area contributed by atoms with Crippen molar-refractivity contribution in [1.29, 1.82) is 0 Å². The first-order chi connectivity index (χ1) is 11.7. The normalized spacial score (nSPS) is 11.5.